The number of nitrogens with one attached hydrogen (secondary N) is 1. The second kappa shape index (κ2) is 2.14. The van der Waals surface area contributed by atoms with Crippen LogP contribution in [-0.2, 0) is 9.59 Å². The van der Waals surface area contributed by atoms with Gasteiger partial charge in [-0.2, -0.15) is 0 Å². The molecular weight excluding hydrogens is 142 g/mol. The van der Waals surface area contributed by atoms with Crippen LogP contribution in [0.25, 0.3) is 0 Å². The fourth-order valence-electron chi connectivity index (χ4n) is 2.03. The summed E-state index contributed by atoms with van der Waals surface area (Å²) in [6.45, 7) is 1.40. The van der Waals surface area contributed by atoms with Crippen molar-refractivity contribution in [1.82, 2.24) is 5.32 Å². The second-order valence-electron chi connectivity index (χ2n) is 3.36. The molecule has 1 saturated heterocycles. The van der Waals surface area contributed by atoms with Gasteiger partial charge in [0.1, 0.15) is 17.0 Å². The smallest absolute Gasteiger partial charge is 0.148 e. The third-order valence-electron chi connectivity index (χ3n) is 2.80. The molecule has 2 fully saturated rings. The second-order valence-corrected chi connectivity index (χ2v) is 3.36. The highest BCUT2D eigenvalue weighted by Gasteiger charge is 2.50. The maximum absolute atomic E-state index is 11.3. The van der Waals surface area contributed by atoms with E-state index in [0.717, 1.165) is 13.0 Å². The first-order chi connectivity index (χ1) is 5.26. The third-order valence-corrected chi connectivity index (χ3v) is 2.80. The Bertz CT molecular complexity index is 198. The summed E-state index contributed by atoms with van der Waals surface area (Å²) in [6.07, 6.45) is 1.67. The van der Waals surface area contributed by atoms with E-state index in [1.165, 1.54) is 0 Å². The molecule has 2 aliphatic rings. The summed E-state index contributed by atoms with van der Waals surface area (Å²) in [7, 11) is 0. The highest BCUT2D eigenvalue weighted by Crippen LogP contribution is 2.36. The van der Waals surface area contributed by atoms with Crippen LogP contribution in [0.3, 0.4) is 0 Å². The van der Waals surface area contributed by atoms with Gasteiger partial charge in [-0.3, -0.25) is 9.59 Å². The first-order valence-corrected chi connectivity index (χ1v) is 4.03. The van der Waals surface area contributed by atoms with Crippen LogP contribution in [0.5, 0.6) is 0 Å². The van der Waals surface area contributed by atoms with Gasteiger partial charge < -0.3 is 5.32 Å². The average Bonchev–Trinajstić information content (AvgIpc) is 2.56. The Labute approximate surface area is 65.2 Å². The Hall–Kier alpha value is -0.700. The zero-order valence-electron chi connectivity index (χ0n) is 6.35. The van der Waals surface area contributed by atoms with Crippen molar-refractivity contribution in [2.75, 3.05) is 13.1 Å². The lowest BCUT2D eigenvalue weighted by Gasteiger charge is -2.16. The van der Waals surface area contributed by atoms with Gasteiger partial charge in [0.15, 0.2) is 0 Å². The van der Waals surface area contributed by atoms with E-state index in [1.54, 1.807) is 0 Å². The van der Waals surface area contributed by atoms with Crippen molar-refractivity contribution < 1.29 is 9.59 Å². The fourth-order valence-corrected chi connectivity index (χ4v) is 2.03. The van der Waals surface area contributed by atoms with E-state index in [4.69, 9.17) is 0 Å². The number of carbonyl (C=O) groups is 2. The zero-order valence-corrected chi connectivity index (χ0v) is 6.35. The predicted molar refractivity (Wildman–Crippen MR) is 39.2 cm³/mol. The summed E-state index contributed by atoms with van der Waals surface area (Å²) in [5.74, 6) is 0.319. The maximum Gasteiger partial charge on any atom is 0.148 e. The minimum absolute atomic E-state index is 0.160. The van der Waals surface area contributed by atoms with Gasteiger partial charge in [-0.25, -0.2) is 0 Å². The lowest BCUT2D eigenvalue weighted by molar-refractivity contribution is -0.133. The van der Waals surface area contributed by atoms with Crippen molar-refractivity contribution in [3.63, 3.8) is 0 Å². The molecule has 11 heavy (non-hydrogen) atoms. The topological polar surface area (TPSA) is 46.2 Å². The molecule has 0 atom stereocenters. The van der Waals surface area contributed by atoms with Crippen molar-refractivity contribution in [2.45, 2.75) is 19.3 Å². The summed E-state index contributed by atoms with van der Waals surface area (Å²) in [6, 6.07) is 0. The van der Waals surface area contributed by atoms with Gasteiger partial charge in [0.25, 0.3) is 0 Å². The average molecular weight is 153 g/mol. The highest BCUT2D eigenvalue weighted by atomic mass is 16.2. The Morgan fingerprint density at radius 3 is 2.27 bits per heavy atom. The van der Waals surface area contributed by atoms with Crippen molar-refractivity contribution in [2.24, 2.45) is 5.41 Å². The molecule has 0 aromatic carbocycles. The maximum atomic E-state index is 11.3. The SMILES string of the molecule is O=C1CCC(=O)C12CCNC2. The standard InChI is InChI=1S/C8H11NO2/c10-6-1-2-7(11)8(6)3-4-9-5-8/h9H,1-5H2. The summed E-state index contributed by atoms with van der Waals surface area (Å²) in [5.41, 5.74) is -0.583. The molecule has 1 heterocycles. The highest BCUT2D eigenvalue weighted by molar-refractivity contribution is 6.13. The van der Waals surface area contributed by atoms with Crippen LogP contribution in [0.2, 0.25) is 0 Å². The van der Waals surface area contributed by atoms with Crippen LogP contribution in [0.1, 0.15) is 19.3 Å². The normalized spacial score (nSPS) is 28.7. The Morgan fingerprint density at radius 2 is 1.82 bits per heavy atom. The van der Waals surface area contributed by atoms with Gasteiger partial charge in [-0.1, -0.05) is 0 Å². The molecule has 1 aliphatic heterocycles. The van der Waals surface area contributed by atoms with Gasteiger partial charge in [-0.15, -0.1) is 0 Å². The molecule has 0 aromatic heterocycles. The molecule has 0 bridgehead atoms. The van der Waals surface area contributed by atoms with Crippen LogP contribution in [0.4, 0.5) is 0 Å². The van der Waals surface area contributed by atoms with Crippen LogP contribution in [0, 0.1) is 5.41 Å². The Kier molecular flexibility index (Phi) is 1.36. The first kappa shape index (κ1) is 6.98. The molecule has 0 radical (unpaired) electrons. The molecular formula is C8H11NO2. The Balaban J connectivity index is 2.33. The number of rotatable bonds is 0. The molecule has 0 unspecified atom stereocenters. The molecule has 1 saturated carbocycles. The van der Waals surface area contributed by atoms with Crippen LogP contribution in [0.15, 0.2) is 0 Å². The molecule has 0 aromatic rings. The molecule has 0 amide bonds. The number of hydrogen-bond acceptors (Lipinski definition) is 3. The Morgan fingerprint density at radius 1 is 1.18 bits per heavy atom. The summed E-state index contributed by atoms with van der Waals surface area (Å²) in [4.78, 5) is 22.7. The van der Waals surface area contributed by atoms with E-state index >= 15 is 0 Å². The summed E-state index contributed by atoms with van der Waals surface area (Å²) in [5, 5.41) is 3.07. The van der Waals surface area contributed by atoms with Crippen molar-refractivity contribution in [1.29, 1.82) is 0 Å². The number of Topliss-reactive ketones (excluding diaryl/α,β-unsaturated/α-hetero) is 2. The van der Waals surface area contributed by atoms with Gasteiger partial charge in [0.2, 0.25) is 0 Å². The number of hydrogen-bond donors (Lipinski definition) is 1. The van der Waals surface area contributed by atoms with E-state index in [0.29, 0.717) is 19.4 Å². The predicted octanol–water partition coefficient (Wildman–Crippen LogP) is -0.102. The largest absolute Gasteiger partial charge is 0.315 e. The molecule has 2 rings (SSSR count). The van der Waals surface area contributed by atoms with Crippen LogP contribution in [-0.4, -0.2) is 24.7 Å². The van der Waals surface area contributed by atoms with Gasteiger partial charge in [-0.05, 0) is 13.0 Å². The lowest BCUT2D eigenvalue weighted by Crippen LogP contribution is -2.34. The van der Waals surface area contributed by atoms with E-state index < -0.39 is 5.41 Å². The quantitative estimate of drug-likeness (QED) is 0.494. The van der Waals surface area contributed by atoms with Crippen molar-refractivity contribution >= 4 is 11.6 Å². The van der Waals surface area contributed by atoms with Crippen molar-refractivity contribution in [3.8, 4) is 0 Å². The minimum atomic E-state index is -0.583. The lowest BCUT2D eigenvalue weighted by atomic mass is 9.84. The molecule has 1 aliphatic carbocycles. The van der Waals surface area contributed by atoms with Gasteiger partial charge in [0, 0.05) is 19.4 Å². The number of ketones is 2. The van der Waals surface area contributed by atoms with Gasteiger partial charge >= 0.3 is 0 Å². The molecule has 3 nitrogen and oxygen atoms in total. The first-order valence-electron chi connectivity index (χ1n) is 4.03. The molecule has 1 spiro atoms. The molecule has 1 N–H and O–H groups in total. The van der Waals surface area contributed by atoms with E-state index in [9.17, 15) is 9.59 Å². The zero-order chi connectivity index (χ0) is 7.90. The van der Waals surface area contributed by atoms with E-state index in [1.807, 2.05) is 0 Å². The fraction of sp³-hybridized carbons (Fsp3) is 0.750. The molecule has 3 heteroatoms. The van der Waals surface area contributed by atoms with Crippen LogP contribution < -0.4 is 5.32 Å². The van der Waals surface area contributed by atoms with Crippen LogP contribution >= 0.6 is 0 Å². The monoisotopic (exact) mass is 153 g/mol. The van der Waals surface area contributed by atoms with E-state index in [2.05, 4.69) is 5.32 Å². The van der Waals surface area contributed by atoms with Gasteiger partial charge in [0.05, 0.1) is 0 Å². The minimum Gasteiger partial charge on any atom is -0.315 e. The third kappa shape index (κ3) is 0.774. The molecule has 60 valence electrons. The summed E-state index contributed by atoms with van der Waals surface area (Å²) < 4.78 is 0. The van der Waals surface area contributed by atoms with Crippen molar-refractivity contribution in [3.05, 3.63) is 0 Å². The summed E-state index contributed by atoms with van der Waals surface area (Å²) >= 11 is 0. The number of carbonyl (C=O) groups excluding carboxylic acids is 2. The van der Waals surface area contributed by atoms with E-state index in [-0.39, 0.29) is 11.6 Å².